The normalized spacial score (nSPS) is 14.5. The van der Waals surface area contributed by atoms with Crippen LogP contribution in [0.25, 0.3) is 0 Å². The molecule has 0 aliphatic carbocycles. The third kappa shape index (κ3) is 3.49. The smallest absolute Gasteiger partial charge is 0.148 e. The highest BCUT2D eigenvalue weighted by Gasteiger charge is 2.37. The van der Waals surface area contributed by atoms with Crippen LogP contribution in [0, 0.1) is 0 Å². The first-order valence-corrected chi connectivity index (χ1v) is 9.38. The Hall–Kier alpha value is -1.41. The van der Waals surface area contributed by atoms with Crippen molar-refractivity contribution in [2.75, 3.05) is 6.61 Å². The molecule has 0 unspecified atom stereocenters. The molecule has 2 atom stereocenters. The molecule has 0 radical (unpaired) electrons. The summed E-state index contributed by atoms with van der Waals surface area (Å²) in [4.78, 5) is 0. The molecular weight excluding hydrogens is 295 g/mol. The third-order valence-corrected chi connectivity index (χ3v) is 7.69. The van der Waals surface area contributed by atoms with Crippen LogP contribution in [0.4, 0.5) is 0 Å². The van der Waals surface area contributed by atoms with E-state index in [9.17, 15) is 9.67 Å². The lowest BCUT2D eigenvalue weighted by Crippen LogP contribution is -2.32. The van der Waals surface area contributed by atoms with Gasteiger partial charge in [0.2, 0.25) is 0 Å². The zero-order chi connectivity index (χ0) is 16.0. The van der Waals surface area contributed by atoms with E-state index in [0.717, 1.165) is 10.6 Å². The predicted molar refractivity (Wildman–Crippen MR) is 91.5 cm³/mol. The van der Waals surface area contributed by atoms with Crippen LogP contribution >= 0.6 is 7.14 Å². The Morgan fingerprint density at radius 3 is 1.82 bits per heavy atom. The first kappa shape index (κ1) is 17.0. The number of aliphatic hydroxyl groups excluding tert-OH is 2. The van der Waals surface area contributed by atoms with E-state index in [-0.39, 0.29) is 6.61 Å². The lowest BCUT2D eigenvalue weighted by atomic mass is 10.1. The summed E-state index contributed by atoms with van der Waals surface area (Å²) < 4.78 is 13.9. The molecule has 0 bridgehead atoms. The number of rotatable bonds is 7. The van der Waals surface area contributed by atoms with Crippen molar-refractivity contribution in [2.24, 2.45) is 0 Å². The molecule has 0 saturated heterocycles. The molecule has 0 aliphatic heterocycles. The molecule has 0 spiro atoms. The molecule has 0 heterocycles. The number of hydrogen-bond donors (Lipinski definition) is 2. The average molecular weight is 318 g/mol. The molecule has 2 N–H and O–H groups in total. The second-order valence-corrected chi connectivity index (χ2v) is 8.67. The average Bonchev–Trinajstić information content (AvgIpc) is 2.59. The molecular formula is C18H23O3P. The first-order valence-electron chi connectivity index (χ1n) is 7.60. The maximum atomic E-state index is 13.9. The standard InChI is InChI=1S/C18H23O3P/c1-15(18(20)13-8-14-19)22(21,16-9-4-2-5-10-16)17-11-6-3-7-12-17/h2-7,9-12,15,18-20H,8,13-14H2,1H3/t15-,18+/m0/s1. The van der Waals surface area contributed by atoms with Crippen molar-refractivity contribution < 1.29 is 14.8 Å². The van der Waals surface area contributed by atoms with Gasteiger partial charge in [-0.05, 0) is 12.8 Å². The van der Waals surface area contributed by atoms with Crippen LogP contribution in [0.1, 0.15) is 19.8 Å². The van der Waals surface area contributed by atoms with Crippen LogP contribution < -0.4 is 10.6 Å². The van der Waals surface area contributed by atoms with Gasteiger partial charge < -0.3 is 14.8 Å². The fraction of sp³-hybridized carbons (Fsp3) is 0.333. The van der Waals surface area contributed by atoms with E-state index < -0.39 is 18.9 Å². The van der Waals surface area contributed by atoms with Crippen molar-refractivity contribution in [2.45, 2.75) is 31.5 Å². The Balaban J connectivity index is 2.45. The van der Waals surface area contributed by atoms with Gasteiger partial charge in [0, 0.05) is 22.9 Å². The fourth-order valence-corrected chi connectivity index (χ4v) is 5.80. The minimum atomic E-state index is -2.94. The van der Waals surface area contributed by atoms with Crippen LogP contribution in [-0.4, -0.2) is 28.6 Å². The van der Waals surface area contributed by atoms with Gasteiger partial charge in [-0.3, -0.25) is 0 Å². The van der Waals surface area contributed by atoms with Gasteiger partial charge in [0.1, 0.15) is 7.14 Å². The molecule has 4 heteroatoms. The van der Waals surface area contributed by atoms with Crippen LogP contribution in [0.2, 0.25) is 0 Å². The maximum absolute atomic E-state index is 13.9. The summed E-state index contributed by atoms with van der Waals surface area (Å²) in [5.74, 6) is 0. The van der Waals surface area contributed by atoms with Crippen molar-refractivity contribution in [3.8, 4) is 0 Å². The van der Waals surface area contributed by atoms with Gasteiger partial charge in [0.15, 0.2) is 0 Å². The number of hydrogen-bond acceptors (Lipinski definition) is 3. The van der Waals surface area contributed by atoms with Crippen LogP contribution in [0.3, 0.4) is 0 Å². The Morgan fingerprint density at radius 2 is 1.41 bits per heavy atom. The maximum Gasteiger partial charge on any atom is 0.148 e. The fourth-order valence-electron chi connectivity index (χ4n) is 2.70. The molecule has 22 heavy (non-hydrogen) atoms. The molecule has 2 aromatic carbocycles. The summed E-state index contributed by atoms with van der Waals surface area (Å²) >= 11 is 0. The van der Waals surface area contributed by atoms with E-state index in [1.165, 1.54) is 0 Å². The number of aliphatic hydroxyl groups is 2. The minimum absolute atomic E-state index is 0.0325. The van der Waals surface area contributed by atoms with Gasteiger partial charge in [-0.15, -0.1) is 0 Å². The highest BCUT2D eigenvalue weighted by molar-refractivity contribution is 7.79. The second kappa shape index (κ2) is 7.73. The molecule has 3 nitrogen and oxygen atoms in total. The largest absolute Gasteiger partial charge is 0.396 e. The van der Waals surface area contributed by atoms with Gasteiger partial charge in [0.05, 0.1) is 6.10 Å². The molecule has 118 valence electrons. The minimum Gasteiger partial charge on any atom is -0.396 e. The van der Waals surface area contributed by atoms with Crippen molar-refractivity contribution >= 4 is 17.8 Å². The monoisotopic (exact) mass is 318 g/mol. The molecule has 2 aromatic rings. The molecule has 2 rings (SSSR count). The first-order chi connectivity index (χ1) is 10.6. The Morgan fingerprint density at radius 1 is 0.955 bits per heavy atom. The van der Waals surface area contributed by atoms with Crippen molar-refractivity contribution in [1.29, 1.82) is 0 Å². The predicted octanol–water partition coefficient (Wildman–Crippen LogP) is 2.52. The van der Waals surface area contributed by atoms with Crippen LogP contribution in [0.5, 0.6) is 0 Å². The summed E-state index contributed by atoms with van der Waals surface area (Å²) in [5, 5.41) is 20.9. The lowest BCUT2D eigenvalue weighted by Gasteiger charge is -2.29. The molecule has 0 fully saturated rings. The lowest BCUT2D eigenvalue weighted by molar-refractivity contribution is 0.148. The van der Waals surface area contributed by atoms with Crippen LogP contribution in [0.15, 0.2) is 60.7 Å². The van der Waals surface area contributed by atoms with E-state index >= 15 is 0 Å². The zero-order valence-electron chi connectivity index (χ0n) is 12.8. The van der Waals surface area contributed by atoms with E-state index in [0.29, 0.717) is 12.8 Å². The van der Waals surface area contributed by atoms with Gasteiger partial charge in [-0.25, -0.2) is 0 Å². The summed E-state index contributed by atoms with van der Waals surface area (Å²) in [5.41, 5.74) is -0.399. The molecule has 0 amide bonds. The molecule has 0 saturated carbocycles. The van der Waals surface area contributed by atoms with Crippen LogP contribution in [-0.2, 0) is 4.57 Å². The SMILES string of the molecule is C[C@@H]([C@H](O)CCCO)P(=O)(c1ccccc1)c1ccccc1. The topological polar surface area (TPSA) is 57.5 Å². The Labute approximate surface area is 132 Å². The summed E-state index contributed by atoms with van der Waals surface area (Å²) in [6.45, 7) is 1.87. The number of benzene rings is 2. The second-order valence-electron chi connectivity index (χ2n) is 5.50. The van der Waals surface area contributed by atoms with Crippen molar-refractivity contribution in [3.05, 3.63) is 60.7 Å². The molecule has 0 aliphatic rings. The Kier molecular flexibility index (Phi) is 5.96. The highest BCUT2D eigenvalue weighted by Crippen LogP contribution is 2.50. The quantitative estimate of drug-likeness (QED) is 0.771. The van der Waals surface area contributed by atoms with E-state index in [4.69, 9.17) is 5.11 Å². The van der Waals surface area contributed by atoms with Gasteiger partial charge in [0.25, 0.3) is 0 Å². The van der Waals surface area contributed by atoms with E-state index in [2.05, 4.69) is 0 Å². The molecule has 0 aromatic heterocycles. The highest BCUT2D eigenvalue weighted by atomic mass is 31.2. The van der Waals surface area contributed by atoms with Crippen molar-refractivity contribution in [1.82, 2.24) is 0 Å². The van der Waals surface area contributed by atoms with Crippen molar-refractivity contribution in [3.63, 3.8) is 0 Å². The summed E-state index contributed by atoms with van der Waals surface area (Å²) in [6, 6.07) is 18.7. The zero-order valence-corrected chi connectivity index (χ0v) is 13.7. The summed E-state index contributed by atoms with van der Waals surface area (Å²) in [6.07, 6.45) is 0.245. The third-order valence-electron chi connectivity index (χ3n) is 4.07. The van der Waals surface area contributed by atoms with Gasteiger partial charge in [-0.1, -0.05) is 67.6 Å². The Bertz CT molecular complexity index is 569. The summed E-state index contributed by atoms with van der Waals surface area (Å²) in [7, 11) is -2.94. The van der Waals surface area contributed by atoms with Gasteiger partial charge in [-0.2, -0.15) is 0 Å². The van der Waals surface area contributed by atoms with Gasteiger partial charge >= 0.3 is 0 Å². The van der Waals surface area contributed by atoms with E-state index in [1.807, 2.05) is 67.6 Å². The van der Waals surface area contributed by atoms with E-state index in [1.54, 1.807) is 0 Å².